The van der Waals surface area contributed by atoms with Crippen molar-refractivity contribution in [3.8, 4) is 0 Å². The first-order valence-corrected chi connectivity index (χ1v) is 12.3. The maximum atomic E-state index is 12.9. The quantitative estimate of drug-likeness (QED) is 0.401. The minimum Gasteiger partial charge on any atom is -0.455 e. The Morgan fingerprint density at radius 1 is 0.935 bits per heavy atom. The Bertz CT molecular complexity index is 1160. The zero-order chi connectivity index (χ0) is 21.0. The van der Waals surface area contributed by atoms with Crippen molar-refractivity contribution in [1.29, 1.82) is 0 Å². The summed E-state index contributed by atoms with van der Waals surface area (Å²) >= 11 is 3.32. The van der Waals surface area contributed by atoms with E-state index in [1.54, 1.807) is 17.8 Å². The molecule has 0 bridgehead atoms. The van der Waals surface area contributed by atoms with Crippen LogP contribution in [0.5, 0.6) is 0 Å². The van der Waals surface area contributed by atoms with Crippen molar-refractivity contribution < 1.29 is 9.21 Å². The van der Waals surface area contributed by atoms with Gasteiger partial charge in [0.25, 0.3) is 5.91 Å². The number of furan rings is 1. The smallest absolute Gasteiger partial charge is 0.289 e. The Kier molecular flexibility index (Phi) is 5.95. The molecule has 0 spiro atoms. The highest BCUT2D eigenvalue weighted by Gasteiger charge is 2.26. The first-order chi connectivity index (χ1) is 15.3. The van der Waals surface area contributed by atoms with Crippen LogP contribution in [0.15, 0.2) is 71.1 Å². The standard InChI is InChI=1S/C24H23N3O2S2/c28-24(21-11-10-19(29-21)17-30-16-18-6-2-1-3-7-18)27-14-12-26(13-15-27)23-20-8-4-5-9-22(20)31-25-23/h1-11H,12-17H2. The van der Waals surface area contributed by atoms with Gasteiger partial charge in [0.1, 0.15) is 11.6 Å². The third-order valence-corrected chi connectivity index (χ3v) is 7.30. The van der Waals surface area contributed by atoms with Crippen LogP contribution in [0.1, 0.15) is 21.9 Å². The van der Waals surface area contributed by atoms with Crippen LogP contribution in [-0.2, 0) is 11.5 Å². The number of fused-ring (bicyclic) bond motifs is 1. The van der Waals surface area contributed by atoms with Crippen molar-refractivity contribution in [2.24, 2.45) is 0 Å². The Balaban J connectivity index is 1.15. The summed E-state index contributed by atoms with van der Waals surface area (Å²) in [5.74, 6) is 3.97. The highest BCUT2D eigenvalue weighted by molar-refractivity contribution is 7.97. The first-order valence-electron chi connectivity index (χ1n) is 10.4. The van der Waals surface area contributed by atoms with Crippen LogP contribution in [0.25, 0.3) is 10.1 Å². The van der Waals surface area contributed by atoms with Crippen molar-refractivity contribution in [3.63, 3.8) is 0 Å². The Morgan fingerprint density at radius 3 is 2.55 bits per heavy atom. The van der Waals surface area contributed by atoms with Crippen LogP contribution in [0.4, 0.5) is 5.82 Å². The molecule has 1 aliphatic rings. The second kappa shape index (κ2) is 9.16. The predicted octanol–water partition coefficient (Wildman–Crippen LogP) is 5.29. The van der Waals surface area contributed by atoms with Gasteiger partial charge < -0.3 is 14.2 Å². The summed E-state index contributed by atoms with van der Waals surface area (Å²) in [5, 5.41) is 1.19. The number of aromatic nitrogens is 1. The number of hydrogen-bond donors (Lipinski definition) is 0. The van der Waals surface area contributed by atoms with Gasteiger partial charge in [-0.1, -0.05) is 42.5 Å². The number of carbonyl (C=O) groups is 1. The number of anilines is 1. The predicted molar refractivity (Wildman–Crippen MR) is 128 cm³/mol. The lowest BCUT2D eigenvalue weighted by Crippen LogP contribution is -2.48. The van der Waals surface area contributed by atoms with Gasteiger partial charge in [-0.2, -0.15) is 4.37 Å². The van der Waals surface area contributed by atoms with Crippen LogP contribution >= 0.6 is 23.3 Å². The van der Waals surface area contributed by atoms with Gasteiger partial charge in [-0.25, -0.2) is 0 Å². The lowest BCUT2D eigenvalue weighted by Gasteiger charge is -2.34. The highest BCUT2D eigenvalue weighted by atomic mass is 32.2. The number of piperazine rings is 1. The molecule has 0 saturated carbocycles. The topological polar surface area (TPSA) is 49.6 Å². The van der Waals surface area contributed by atoms with Crippen molar-refractivity contribution in [2.45, 2.75) is 11.5 Å². The second-order valence-electron chi connectivity index (χ2n) is 7.53. The Labute approximate surface area is 189 Å². The minimum atomic E-state index is -0.0258. The van der Waals surface area contributed by atoms with E-state index in [1.165, 1.54) is 27.2 Å². The molecule has 1 amide bonds. The van der Waals surface area contributed by atoms with Crippen LogP contribution in [0.2, 0.25) is 0 Å². The van der Waals surface area contributed by atoms with Crippen LogP contribution in [-0.4, -0.2) is 41.4 Å². The van der Waals surface area contributed by atoms with Gasteiger partial charge >= 0.3 is 0 Å². The fourth-order valence-electron chi connectivity index (χ4n) is 3.79. The summed E-state index contributed by atoms with van der Waals surface area (Å²) in [6, 6.07) is 22.4. The molecule has 5 rings (SSSR count). The van der Waals surface area contributed by atoms with Gasteiger partial charge in [-0.15, -0.1) is 11.8 Å². The molecule has 1 aliphatic heterocycles. The summed E-state index contributed by atoms with van der Waals surface area (Å²) in [7, 11) is 0. The molecule has 3 heterocycles. The molecule has 31 heavy (non-hydrogen) atoms. The molecule has 0 unspecified atom stereocenters. The Morgan fingerprint density at radius 2 is 1.71 bits per heavy atom. The number of carbonyl (C=O) groups excluding carboxylic acids is 1. The normalized spacial score (nSPS) is 14.3. The van der Waals surface area contributed by atoms with Gasteiger partial charge in [-0.3, -0.25) is 4.79 Å². The maximum absolute atomic E-state index is 12.9. The van der Waals surface area contributed by atoms with Crippen molar-refractivity contribution in [3.05, 3.63) is 83.8 Å². The van der Waals surface area contributed by atoms with E-state index in [9.17, 15) is 4.79 Å². The summed E-state index contributed by atoms with van der Waals surface area (Å²) in [4.78, 5) is 17.1. The zero-order valence-corrected chi connectivity index (χ0v) is 18.7. The number of amides is 1. The number of nitrogens with zero attached hydrogens (tertiary/aromatic N) is 3. The molecule has 4 aromatic rings. The Hall–Kier alpha value is -2.77. The van der Waals surface area contributed by atoms with Gasteiger partial charge in [0.2, 0.25) is 0 Å². The van der Waals surface area contributed by atoms with Gasteiger partial charge in [0.05, 0.1) is 10.5 Å². The SMILES string of the molecule is O=C(c1ccc(CSCc2ccccc2)o1)N1CCN(c2nsc3ccccc23)CC1. The second-order valence-corrected chi connectivity index (χ2v) is 9.32. The zero-order valence-electron chi connectivity index (χ0n) is 17.1. The van der Waals surface area contributed by atoms with E-state index in [4.69, 9.17) is 4.42 Å². The molecule has 0 atom stereocenters. The largest absolute Gasteiger partial charge is 0.455 e. The van der Waals surface area contributed by atoms with Gasteiger partial charge in [-0.05, 0) is 41.4 Å². The third kappa shape index (κ3) is 4.48. The molecule has 2 aromatic carbocycles. The summed E-state index contributed by atoms with van der Waals surface area (Å²) < 4.78 is 11.7. The van der Waals surface area contributed by atoms with Gasteiger partial charge in [0, 0.05) is 37.3 Å². The monoisotopic (exact) mass is 449 g/mol. The van der Waals surface area contributed by atoms with Crippen LogP contribution < -0.4 is 4.90 Å². The number of rotatable bonds is 6. The van der Waals surface area contributed by atoms with Crippen molar-refractivity contribution >= 4 is 45.1 Å². The molecule has 1 fully saturated rings. The highest BCUT2D eigenvalue weighted by Crippen LogP contribution is 2.30. The van der Waals surface area contributed by atoms with E-state index in [-0.39, 0.29) is 5.91 Å². The molecule has 0 radical (unpaired) electrons. The van der Waals surface area contributed by atoms with E-state index in [1.807, 2.05) is 29.2 Å². The number of hydrogen-bond acceptors (Lipinski definition) is 6. The molecular weight excluding hydrogens is 426 g/mol. The minimum absolute atomic E-state index is 0.0258. The van der Waals surface area contributed by atoms with E-state index in [0.717, 1.165) is 36.2 Å². The van der Waals surface area contributed by atoms with Crippen molar-refractivity contribution in [1.82, 2.24) is 9.27 Å². The lowest BCUT2D eigenvalue weighted by atomic mass is 10.2. The van der Waals surface area contributed by atoms with Gasteiger partial charge in [0.15, 0.2) is 5.76 Å². The van der Waals surface area contributed by atoms with Crippen LogP contribution in [0, 0.1) is 0 Å². The third-order valence-electron chi connectivity index (χ3n) is 5.45. The van der Waals surface area contributed by atoms with Crippen molar-refractivity contribution in [2.75, 3.05) is 31.1 Å². The number of benzene rings is 2. The molecular formula is C24H23N3O2S2. The molecule has 0 N–H and O–H groups in total. The summed E-state index contributed by atoms with van der Waals surface area (Å²) in [5.41, 5.74) is 1.29. The first kappa shape index (κ1) is 20.2. The summed E-state index contributed by atoms with van der Waals surface area (Å²) in [6.07, 6.45) is 0. The molecule has 0 aliphatic carbocycles. The average Bonchev–Trinajstić information content (AvgIpc) is 3.47. The van der Waals surface area contributed by atoms with E-state index < -0.39 is 0 Å². The van der Waals surface area contributed by atoms with E-state index >= 15 is 0 Å². The van der Waals surface area contributed by atoms with E-state index in [2.05, 4.69) is 45.7 Å². The summed E-state index contributed by atoms with van der Waals surface area (Å²) in [6.45, 7) is 2.90. The maximum Gasteiger partial charge on any atom is 0.289 e. The average molecular weight is 450 g/mol. The number of thioether (sulfide) groups is 1. The molecule has 1 saturated heterocycles. The van der Waals surface area contributed by atoms with E-state index in [0.29, 0.717) is 18.8 Å². The fraction of sp³-hybridized carbons (Fsp3) is 0.250. The molecule has 2 aromatic heterocycles. The fourth-order valence-corrected chi connectivity index (χ4v) is 5.47. The molecule has 7 heteroatoms. The molecule has 5 nitrogen and oxygen atoms in total. The van der Waals surface area contributed by atoms with Crippen LogP contribution in [0.3, 0.4) is 0 Å². The lowest BCUT2D eigenvalue weighted by molar-refractivity contribution is 0.0713. The molecule has 158 valence electrons.